The van der Waals surface area contributed by atoms with Crippen molar-refractivity contribution in [2.24, 2.45) is 0 Å². The van der Waals surface area contributed by atoms with Crippen LogP contribution in [0.2, 0.25) is 0 Å². The molecule has 1 aliphatic rings. The van der Waals surface area contributed by atoms with Crippen molar-refractivity contribution in [3.8, 4) is 0 Å². The molecule has 0 atom stereocenters. The van der Waals surface area contributed by atoms with Crippen LogP contribution in [0.3, 0.4) is 0 Å². The molecule has 2 rings (SSSR count). The van der Waals surface area contributed by atoms with Gasteiger partial charge in [-0.25, -0.2) is 0 Å². The minimum atomic E-state index is 0.923. The van der Waals surface area contributed by atoms with E-state index in [0.717, 1.165) is 12.2 Å². The lowest BCUT2D eigenvalue weighted by molar-refractivity contribution is 0.277. The minimum absolute atomic E-state index is 0.923. The van der Waals surface area contributed by atoms with E-state index < -0.39 is 0 Å². The summed E-state index contributed by atoms with van der Waals surface area (Å²) in [4.78, 5) is 2.55. The van der Waals surface area contributed by atoms with Gasteiger partial charge < -0.3 is 5.73 Å². The van der Waals surface area contributed by atoms with Crippen molar-refractivity contribution >= 4 is 5.69 Å². The lowest BCUT2D eigenvalue weighted by atomic mass is 10.1. The molecular formula is C14H22N2. The Bertz CT molecular complexity index is 339. The van der Waals surface area contributed by atoms with Crippen LogP contribution in [0.5, 0.6) is 0 Å². The summed E-state index contributed by atoms with van der Waals surface area (Å²) >= 11 is 0. The van der Waals surface area contributed by atoms with Crippen molar-refractivity contribution in [2.75, 3.05) is 18.8 Å². The van der Waals surface area contributed by atoms with Gasteiger partial charge in [-0.1, -0.05) is 25.0 Å². The van der Waals surface area contributed by atoms with Gasteiger partial charge in [0.1, 0.15) is 0 Å². The quantitative estimate of drug-likeness (QED) is 0.773. The fraction of sp³-hybridized carbons (Fsp3) is 0.571. The standard InChI is InChI=1S/C14H22N2/c1-12-6-7-13(10-14(12)15)11-16-8-4-2-3-5-9-16/h6-7,10H,2-5,8-9,11,15H2,1H3. The molecule has 0 aliphatic carbocycles. The fourth-order valence-corrected chi connectivity index (χ4v) is 2.34. The maximum Gasteiger partial charge on any atom is 0.0346 e. The lowest BCUT2D eigenvalue weighted by Crippen LogP contribution is -2.23. The van der Waals surface area contributed by atoms with Crippen molar-refractivity contribution in [3.63, 3.8) is 0 Å². The van der Waals surface area contributed by atoms with Gasteiger partial charge in [-0.05, 0) is 50.0 Å². The molecule has 1 saturated heterocycles. The van der Waals surface area contributed by atoms with Crippen LogP contribution in [-0.2, 0) is 6.54 Å². The molecule has 0 spiro atoms. The zero-order valence-electron chi connectivity index (χ0n) is 10.2. The summed E-state index contributed by atoms with van der Waals surface area (Å²) in [5.74, 6) is 0. The van der Waals surface area contributed by atoms with Gasteiger partial charge in [0.05, 0.1) is 0 Å². The third-order valence-electron chi connectivity index (χ3n) is 3.45. The Balaban J connectivity index is 1.99. The van der Waals surface area contributed by atoms with E-state index in [1.165, 1.54) is 49.9 Å². The Morgan fingerprint density at radius 2 is 1.81 bits per heavy atom. The van der Waals surface area contributed by atoms with Gasteiger partial charge in [-0.15, -0.1) is 0 Å². The van der Waals surface area contributed by atoms with E-state index in [0.29, 0.717) is 0 Å². The topological polar surface area (TPSA) is 29.3 Å². The molecule has 2 nitrogen and oxygen atoms in total. The predicted molar refractivity (Wildman–Crippen MR) is 69.3 cm³/mol. The summed E-state index contributed by atoms with van der Waals surface area (Å²) in [6.45, 7) is 5.61. The summed E-state index contributed by atoms with van der Waals surface area (Å²) in [6.07, 6.45) is 5.49. The third kappa shape index (κ3) is 2.99. The van der Waals surface area contributed by atoms with Gasteiger partial charge in [0.2, 0.25) is 0 Å². The van der Waals surface area contributed by atoms with Gasteiger partial charge in [-0.3, -0.25) is 4.90 Å². The largest absolute Gasteiger partial charge is 0.399 e. The van der Waals surface area contributed by atoms with Crippen molar-refractivity contribution in [1.29, 1.82) is 0 Å². The van der Waals surface area contributed by atoms with Gasteiger partial charge in [0.15, 0.2) is 0 Å². The van der Waals surface area contributed by atoms with Crippen LogP contribution >= 0.6 is 0 Å². The zero-order chi connectivity index (χ0) is 11.4. The summed E-state index contributed by atoms with van der Waals surface area (Å²) in [6, 6.07) is 6.46. The van der Waals surface area contributed by atoms with E-state index in [-0.39, 0.29) is 0 Å². The van der Waals surface area contributed by atoms with Crippen LogP contribution in [0, 0.1) is 6.92 Å². The molecule has 0 bridgehead atoms. The molecule has 1 heterocycles. The first-order valence-electron chi connectivity index (χ1n) is 6.33. The molecule has 0 unspecified atom stereocenters. The second kappa shape index (κ2) is 5.35. The number of aryl methyl sites for hydroxylation is 1. The van der Waals surface area contributed by atoms with Crippen LogP contribution in [0.15, 0.2) is 18.2 Å². The molecule has 16 heavy (non-hydrogen) atoms. The molecule has 1 aliphatic heterocycles. The van der Waals surface area contributed by atoms with Gasteiger partial charge >= 0.3 is 0 Å². The highest BCUT2D eigenvalue weighted by molar-refractivity contribution is 5.48. The monoisotopic (exact) mass is 218 g/mol. The second-order valence-corrected chi connectivity index (χ2v) is 4.88. The van der Waals surface area contributed by atoms with E-state index in [1.54, 1.807) is 0 Å². The molecule has 0 radical (unpaired) electrons. The van der Waals surface area contributed by atoms with Crippen molar-refractivity contribution < 1.29 is 0 Å². The summed E-state index contributed by atoms with van der Waals surface area (Å²) < 4.78 is 0. The third-order valence-corrected chi connectivity index (χ3v) is 3.45. The van der Waals surface area contributed by atoms with Crippen molar-refractivity contribution in [1.82, 2.24) is 4.90 Å². The molecule has 2 N–H and O–H groups in total. The second-order valence-electron chi connectivity index (χ2n) is 4.88. The van der Waals surface area contributed by atoms with Crippen LogP contribution in [0.25, 0.3) is 0 Å². The Hall–Kier alpha value is -1.02. The van der Waals surface area contributed by atoms with E-state index in [4.69, 9.17) is 5.73 Å². The maximum absolute atomic E-state index is 5.94. The minimum Gasteiger partial charge on any atom is -0.399 e. The highest BCUT2D eigenvalue weighted by atomic mass is 15.1. The number of hydrogen-bond acceptors (Lipinski definition) is 2. The highest BCUT2D eigenvalue weighted by Gasteiger charge is 2.09. The molecule has 0 amide bonds. The van der Waals surface area contributed by atoms with E-state index in [2.05, 4.69) is 30.0 Å². The Labute approximate surface area is 98.4 Å². The van der Waals surface area contributed by atoms with Gasteiger partial charge in [-0.2, -0.15) is 0 Å². The SMILES string of the molecule is Cc1ccc(CN2CCCCCC2)cc1N. The molecule has 0 aromatic heterocycles. The predicted octanol–water partition coefficient (Wildman–Crippen LogP) is 2.95. The zero-order valence-corrected chi connectivity index (χ0v) is 10.2. The normalized spacial score (nSPS) is 18.3. The maximum atomic E-state index is 5.94. The number of likely N-dealkylation sites (tertiary alicyclic amines) is 1. The first-order valence-corrected chi connectivity index (χ1v) is 6.33. The number of anilines is 1. The smallest absolute Gasteiger partial charge is 0.0346 e. The van der Waals surface area contributed by atoms with Crippen LogP contribution in [-0.4, -0.2) is 18.0 Å². The first-order chi connectivity index (χ1) is 7.75. The van der Waals surface area contributed by atoms with E-state index in [1.807, 2.05) is 0 Å². The summed E-state index contributed by atoms with van der Waals surface area (Å²) in [7, 11) is 0. The number of nitrogens with two attached hydrogens (primary N) is 1. The number of benzene rings is 1. The summed E-state index contributed by atoms with van der Waals surface area (Å²) in [5, 5.41) is 0. The average Bonchev–Trinajstić information content (AvgIpc) is 2.52. The molecule has 1 aromatic carbocycles. The van der Waals surface area contributed by atoms with Crippen LogP contribution in [0.4, 0.5) is 5.69 Å². The number of rotatable bonds is 2. The number of nitrogens with zero attached hydrogens (tertiary/aromatic N) is 1. The van der Waals surface area contributed by atoms with Crippen LogP contribution in [0.1, 0.15) is 36.8 Å². The Morgan fingerprint density at radius 3 is 2.44 bits per heavy atom. The molecule has 88 valence electrons. The molecule has 1 fully saturated rings. The molecule has 2 heteroatoms. The molecule has 1 aromatic rings. The number of hydrogen-bond donors (Lipinski definition) is 1. The van der Waals surface area contributed by atoms with Gasteiger partial charge in [0.25, 0.3) is 0 Å². The Kier molecular flexibility index (Phi) is 3.83. The summed E-state index contributed by atoms with van der Waals surface area (Å²) in [5.41, 5.74) is 9.39. The Morgan fingerprint density at radius 1 is 1.12 bits per heavy atom. The molecule has 0 saturated carbocycles. The van der Waals surface area contributed by atoms with E-state index in [9.17, 15) is 0 Å². The fourth-order valence-electron chi connectivity index (χ4n) is 2.34. The van der Waals surface area contributed by atoms with Crippen molar-refractivity contribution in [2.45, 2.75) is 39.2 Å². The highest BCUT2D eigenvalue weighted by Crippen LogP contribution is 2.17. The van der Waals surface area contributed by atoms with Crippen LogP contribution < -0.4 is 5.73 Å². The lowest BCUT2D eigenvalue weighted by Gasteiger charge is -2.20. The van der Waals surface area contributed by atoms with E-state index >= 15 is 0 Å². The van der Waals surface area contributed by atoms with Gasteiger partial charge in [0, 0.05) is 12.2 Å². The average molecular weight is 218 g/mol. The van der Waals surface area contributed by atoms with Crippen molar-refractivity contribution in [3.05, 3.63) is 29.3 Å². The first kappa shape index (κ1) is 11.5. The number of nitrogen functional groups attached to an aromatic ring is 1. The molecular weight excluding hydrogens is 196 g/mol.